The Morgan fingerprint density at radius 3 is 2.67 bits per heavy atom. The summed E-state index contributed by atoms with van der Waals surface area (Å²) in [4.78, 5) is 11.1. The number of carboxylic acid groups (broad SMARTS) is 1. The van der Waals surface area contributed by atoms with Gasteiger partial charge in [-0.1, -0.05) is 0 Å². The van der Waals surface area contributed by atoms with Crippen molar-refractivity contribution in [3.8, 4) is 0 Å². The molecule has 0 aliphatic carbocycles. The van der Waals surface area contributed by atoms with Gasteiger partial charge in [-0.15, -0.1) is 0 Å². The van der Waals surface area contributed by atoms with E-state index >= 15 is 0 Å². The van der Waals surface area contributed by atoms with Gasteiger partial charge >= 0.3 is 5.97 Å². The molecule has 1 aliphatic heterocycles. The topological polar surface area (TPSA) is 83.9 Å². The Morgan fingerprint density at radius 2 is 2.14 bits per heavy atom. The lowest BCUT2D eigenvalue weighted by Gasteiger charge is -2.26. The van der Waals surface area contributed by atoms with Gasteiger partial charge in [0.25, 0.3) is 0 Å². The third kappa shape index (κ3) is 3.13. The molecule has 21 heavy (non-hydrogen) atoms. The molecule has 1 N–H and O–H groups in total. The number of ether oxygens (including phenoxy) is 1. The zero-order valence-corrected chi connectivity index (χ0v) is 14.0. The van der Waals surface area contributed by atoms with Crippen molar-refractivity contribution in [1.29, 1.82) is 0 Å². The fourth-order valence-corrected chi connectivity index (χ4v) is 4.26. The van der Waals surface area contributed by atoms with Crippen LogP contribution in [0.1, 0.15) is 23.7 Å². The molecule has 0 aromatic heterocycles. The lowest BCUT2D eigenvalue weighted by atomic mass is 10.2. The first-order chi connectivity index (χ1) is 9.75. The van der Waals surface area contributed by atoms with E-state index < -0.39 is 16.0 Å². The molecule has 8 heteroatoms. The first-order valence-electron chi connectivity index (χ1n) is 6.37. The Labute approximate surface area is 131 Å². The number of likely N-dealkylation sites (N-methyl/N-ethyl adjacent to an activating group) is 1. The van der Waals surface area contributed by atoms with E-state index in [1.54, 1.807) is 0 Å². The first kappa shape index (κ1) is 16.4. The third-order valence-corrected chi connectivity index (χ3v) is 6.22. The van der Waals surface area contributed by atoms with Crippen molar-refractivity contribution in [2.24, 2.45) is 0 Å². The molecule has 0 amide bonds. The lowest BCUT2D eigenvalue weighted by molar-refractivity contribution is 0.0695. The van der Waals surface area contributed by atoms with E-state index in [4.69, 9.17) is 9.84 Å². The Morgan fingerprint density at radius 1 is 1.48 bits per heavy atom. The van der Waals surface area contributed by atoms with Crippen molar-refractivity contribution < 1.29 is 23.1 Å². The minimum Gasteiger partial charge on any atom is -0.478 e. The quantitative estimate of drug-likeness (QED) is 0.866. The number of rotatable bonds is 4. The summed E-state index contributed by atoms with van der Waals surface area (Å²) in [5, 5.41) is 9.09. The van der Waals surface area contributed by atoms with E-state index in [0.29, 0.717) is 17.5 Å². The van der Waals surface area contributed by atoms with E-state index in [-0.39, 0.29) is 22.6 Å². The minimum absolute atomic E-state index is 0.0373. The van der Waals surface area contributed by atoms with E-state index in [2.05, 4.69) is 15.9 Å². The molecule has 2 unspecified atom stereocenters. The summed E-state index contributed by atoms with van der Waals surface area (Å²) in [5.74, 6) is -1.18. The Balaban J connectivity index is 2.39. The predicted molar refractivity (Wildman–Crippen MR) is 79.9 cm³/mol. The SMILES string of the molecule is CC1OCCC1N(C)S(=O)(=O)c1ccc(Br)c(C(=O)O)c1. The Bertz CT molecular complexity index is 661. The van der Waals surface area contributed by atoms with Crippen molar-refractivity contribution in [3.63, 3.8) is 0 Å². The standard InChI is InChI=1S/C13H16BrNO5S/c1-8-12(5-6-20-8)15(2)21(18,19)9-3-4-11(14)10(7-9)13(16)17/h3-4,7-8,12H,5-6H2,1-2H3,(H,16,17). The average molecular weight is 378 g/mol. The maximum atomic E-state index is 12.6. The highest BCUT2D eigenvalue weighted by molar-refractivity contribution is 9.10. The highest BCUT2D eigenvalue weighted by Gasteiger charge is 2.35. The van der Waals surface area contributed by atoms with Gasteiger partial charge in [0, 0.05) is 18.1 Å². The van der Waals surface area contributed by atoms with Crippen LogP contribution in [-0.4, -0.2) is 49.6 Å². The molecule has 1 heterocycles. The molecular formula is C13H16BrNO5S. The lowest BCUT2D eigenvalue weighted by Crippen LogP contribution is -2.40. The molecule has 1 aromatic carbocycles. The van der Waals surface area contributed by atoms with Gasteiger partial charge in [-0.05, 0) is 47.5 Å². The van der Waals surface area contributed by atoms with E-state index in [0.717, 1.165) is 0 Å². The molecule has 2 rings (SSSR count). The average Bonchev–Trinajstić information content (AvgIpc) is 2.83. The van der Waals surface area contributed by atoms with Crippen LogP contribution in [0, 0.1) is 0 Å². The number of hydrogen-bond acceptors (Lipinski definition) is 4. The number of benzene rings is 1. The summed E-state index contributed by atoms with van der Waals surface area (Å²) in [6.45, 7) is 2.35. The van der Waals surface area contributed by atoms with Gasteiger partial charge in [0.15, 0.2) is 0 Å². The number of aromatic carboxylic acids is 1. The summed E-state index contributed by atoms with van der Waals surface area (Å²) in [6, 6.07) is 3.74. The van der Waals surface area contributed by atoms with Crippen LogP contribution < -0.4 is 0 Å². The molecule has 0 saturated carbocycles. The van der Waals surface area contributed by atoms with Crippen molar-refractivity contribution in [2.45, 2.75) is 30.4 Å². The highest BCUT2D eigenvalue weighted by Crippen LogP contribution is 2.27. The minimum atomic E-state index is -3.76. The maximum Gasteiger partial charge on any atom is 0.336 e. The Hall–Kier alpha value is -0.960. The van der Waals surface area contributed by atoms with Gasteiger partial charge in [-0.2, -0.15) is 4.31 Å². The van der Waals surface area contributed by atoms with Gasteiger partial charge in [0.05, 0.1) is 22.6 Å². The molecule has 116 valence electrons. The van der Waals surface area contributed by atoms with E-state index in [9.17, 15) is 13.2 Å². The molecule has 1 aromatic rings. The fraction of sp³-hybridized carbons (Fsp3) is 0.462. The van der Waals surface area contributed by atoms with Gasteiger partial charge in [0.2, 0.25) is 10.0 Å². The summed E-state index contributed by atoms with van der Waals surface area (Å²) in [7, 11) is -2.27. The van der Waals surface area contributed by atoms with E-state index in [1.807, 2.05) is 6.92 Å². The highest BCUT2D eigenvalue weighted by atomic mass is 79.9. The van der Waals surface area contributed by atoms with Crippen molar-refractivity contribution in [2.75, 3.05) is 13.7 Å². The zero-order chi connectivity index (χ0) is 15.8. The van der Waals surface area contributed by atoms with Crippen molar-refractivity contribution >= 4 is 31.9 Å². The largest absolute Gasteiger partial charge is 0.478 e. The van der Waals surface area contributed by atoms with Crippen LogP contribution in [0.15, 0.2) is 27.6 Å². The fourth-order valence-electron chi connectivity index (χ4n) is 2.37. The number of hydrogen-bond donors (Lipinski definition) is 1. The van der Waals surface area contributed by atoms with Crippen LogP contribution in [0.3, 0.4) is 0 Å². The zero-order valence-electron chi connectivity index (χ0n) is 11.6. The van der Waals surface area contributed by atoms with Crippen LogP contribution in [0.5, 0.6) is 0 Å². The van der Waals surface area contributed by atoms with Gasteiger partial charge < -0.3 is 9.84 Å². The van der Waals surface area contributed by atoms with Crippen molar-refractivity contribution in [3.05, 3.63) is 28.2 Å². The van der Waals surface area contributed by atoms with Crippen LogP contribution in [-0.2, 0) is 14.8 Å². The first-order valence-corrected chi connectivity index (χ1v) is 8.61. The van der Waals surface area contributed by atoms with Crippen molar-refractivity contribution in [1.82, 2.24) is 4.31 Å². The molecule has 2 atom stereocenters. The number of sulfonamides is 1. The monoisotopic (exact) mass is 377 g/mol. The van der Waals surface area contributed by atoms with Gasteiger partial charge in [-0.3, -0.25) is 0 Å². The second kappa shape index (κ2) is 6.04. The molecule has 0 bridgehead atoms. The molecular weight excluding hydrogens is 362 g/mol. The molecule has 0 radical (unpaired) electrons. The molecule has 6 nitrogen and oxygen atoms in total. The number of halogens is 1. The molecule has 1 fully saturated rings. The maximum absolute atomic E-state index is 12.6. The summed E-state index contributed by atoms with van der Waals surface area (Å²) < 4.78 is 32.2. The normalized spacial score (nSPS) is 22.7. The summed E-state index contributed by atoms with van der Waals surface area (Å²) >= 11 is 3.10. The molecule has 0 spiro atoms. The van der Waals surface area contributed by atoms with Crippen LogP contribution >= 0.6 is 15.9 Å². The number of carbonyl (C=O) groups is 1. The predicted octanol–water partition coefficient (Wildman–Crippen LogP) is 1.95. The van der Waals surface area contributed by atoms with Crippen LogP contribution in [0.4, 0.5) is 0 Å². The Kier molecular flexibility index (Phi) is 4.72. The van der Waals surface area contributed by atoms with Crippen LogP contribution in [0.2, 0.25) is 0 Å². The summed E-state index contributed by atoms with van der Waals surface area (Å²) in [6.07, 6.45) is 0.443. The van der Waals surface area contributed by atoms with E-state index in [1.165, 1.54) is 29.6 Å². The number of carboxylic acids is 1. The second-order valence-electron chi connectivity index (χ2n) is 4.90. The third-order valence-electron chi connectivity index (χ3n) is 3.65. The van der Waals surface area contributed by atoms with Crippen LogP contribution in [0.25, 0.3) is 0 Å². The molecule has 1 saturated heterocycles. The summed E-state index contributed by atoms with van der Waals surface area (Å²) in [5.41, 5.74) is -0.0832. The number of nitrogens with zero attached hydrogens (tertiary/aromatic N) is 1. The second-order valence-corrected chi connectivity index (χ2v) is 7.75. The molecule has 1 aliphatic rings. The smallest absolute Gasteiger partial charge is 0.336 e. The van der Waals surface area contributed by atoms with Gasteiger partial charge in [-0.25, -0.2) is 13.2 Å². The van der Waals surface area contributed by atoms with Gasteiger partial charge in [0.1, 0.15) is 0 Å².